The standard InChI is InChI=1S/C14H23BrN4/c1-10-7-18-6-4-5-12(18)8-19(10)9-13-14(15)11(2)16-17(13)3/h10,12H,4-9H2,1-3H3. The molecule has 2 saturated heterocycles. The molecule has 0 radical (unpaired) electrons. The second-order valence-electron chi connectivity index (χ2n) is 6.04. The van der Waals surface area contributed by atoms with Crippen LogP contribution in [-0.2, 0) is 13.6 Å². The maximum Gasteiger partial charge on any atom is 0.0739 e. The van der Waals surface area contributed by atoms with Gasteiger partial charge in [0.2, 0.25) is 0 Å². The van der Waals surface area contributed by atoms with Gasteiger partial charge >= 0.3 is 0 Å². The molecule has 2 unspecified atom stereocenters. The van der Waals surface area contributed by atoms with Gasteiger partial charge in [-0.2, -0.15) is 5.10 Å². The number of aryl methyl sites for hydroxylation is 2. The molecular formula is C14H23BrN4. The summed E-state index contributed by atoms with van der Waals surface area (Å²) in [4.78, 5) is 5.29. The maximum absolute atomic E-state index is 4.50. The Morgan fingerprint density at radius 1 is 1.37 bits per heavy atom. The molecule has 0 N–H and O–H groups in total. The lowest BCUT2D eigenvalue weighted by molar-refractivity contribution is 0.0522. The summed E-state index contributed by atoms with van der Waals surface area (Å²) in [5.41, 5.74) is 2.39. The molecule has 2 atom stereocenters. The summed E-state index contributed by atoms with van der Waals surface area (Å²) in [6.45, 7) is 9.15. The molecule has 19 heavy (non-hydrogen) atoms. The molecule has 3 heterocycles. The second-order valence-corrected chi connectivity index (χ2v) is 6.83. The molecule has 1 aromatic rings. The summed E-state index contributed by atoms with van der Waals surface area (Å²) in [5.74, 6) is 0. The molecular weight excluding hydrogens is 304 g/mol. The maximum atomic E-state index is 4.50. The van der Waals surface area contributed by atoms with Gasteiger partial charge in [-0.25, -0.2) is 0 Å². The van der Waals surface area contributed by atoms with Gasteiger partial charge in [-0.1, -0.05) is 0 Å². The first-order chi connectivity index (χ1) is 9.06. The van der Waals surface area contributed by atoms with E-state index in [9.17, 15) is 0 Å². The van der Waals surface area contributed by atoms with Crippen molar-refractivity contribution in [1.82, 2.24) is 19.6 Å². The number of halogens is 1. The quantitative estimate of drug-likeness (QED) is 0.832. The fourth-order valence-electron chi connectivity index (χ4n) is 3.51. The van der Waals surface area contributed by atoms with Crippen LogP contribution in [-0.4, -0.2) is 51.3 Å². The van der Waals surface area contributed by atoms with Crippen molar-refractivity contribution < 1.29 is 0 Å². The van der Waals surface area contributed by atoms with Crippen molar-refractivity contribution in [1.29, 1.82) is 0 Å². The van der Waals surface area contributed by atoms with Gasteiger partial charge in [0.05, 0.1) is 15.9 Å². The predicted molar refractivity (Wildman–Crippen MR) is 80.1 cm³/mol. The fourth-order valence-corrected chi connectivity index (χ4v) is 3.97. The monoisotopic (exact) mass is 326 g/mol. The van der Waals surface area contributed by atoms with Crippen LogP contribution >= 0.6 is 15.9 Å². The van der Waals surface area contributed by atoms with E-state index in [2.05, 4.69) is 44.7 Å². The summed E-state index contributed by atoms with van der Waals surface area (Å²) in [7, 11) is 2.05. The highest BCUT2D eigenvalue weighted by molar-refractivity contribution is 9.10. The van der Waals surface area contributed by atoms with Crippen molar-refractivity contribution in [3.63, 3.8) is 0 Å². The molecule has 0 bridgehead atoms. The molecule has 3 rings (SSSR count). The van der Waals surface area contributed by atoms with Crippen LogP contribution in [0.2, 0.25) is 0 Å². The van der Waals surface area contributed by atoms with Crippen LogP contribution < -0.4 is 0 Å². The van der Waals surface area contributed by atoms with Crippen molar-refractivity contribution in [2.24, 2.45) is 7.05 Å². The minimum atomic E-state index is 0.636. The lowest BCUT2D eigenvalue weighted by Crippen LogP contribution is -2.54. The van der Waals surface area contributed by atoms with E-state index in [1.54, 1.807) is 0 Å². The number of rotatable bonds is 2. The molecule has 0 saturated carbocycles. The van der Waals surface area contributed by atoms with Crippen molar-refractivity contribution in [2.45, 2.75) is 45.3 Å². The summed E-state index contributed by atoms with van der Waals surface area (Å²) < 4.78 is 3.20. The van der Waals surface area contributed by atoms with Gasteiger partial charge < -0.3 is 0 Å². The third-order valence-electron chi connectivity index (χ3n) is 4.68. The third kappa shape index (κ3) is 2.48. The number of fused-ring (bicyclic) bond motifs is 1. The van der Waals surface area contributed by atoms with Crippen molar-refractivity contribution >= 4 is 15.9 Å². The lowest BCUT2D eigenvalue weighted by Gasteiger charge is -2.42. The zero-order chi connectivity index (χ0) is 13.6. The van der Waals surface area contributed by atoms with E-state index in [0.29, 0.717) is 6.04 Å². The Balaban J connectivity index is 1.75. The van der Waals surface area contributed by atoms with E-state index in [4.69, 9.17) is 0 Å². The van der Waals surface area contributed by atoms with Crippen molar-refractivity contribution in [2.75, 3.05) is 19.6 Å². The van der Waals surface area contributed by atoms with E-state index < -0.39 is 0 Å². The van der Waals surface area contributed by atoms with Crippen molar-refractivity contribution in [3.8, 4) is 0 Å². The average Bonchev–Trinajstić information content (AvgIpc) is 2.89. The van der Waals surface area contributed by atoms with E-state index in [1.807, 2.05) is 11.7 Å². The van der Waals surface area contributed by atoms with Gasteiger partial charge in [-0.15, -0.1) is 0 Å². The number of piperazine rings is 1. The van der Waals surface area contributed by atoms with Crippen LogP contribution in [0.25, 0.3) is 0 Å². The number of nitrogens with zero attached hydrogens (tertiary/aromatic N) is 4. The first-order valence-corrected chi connectivity index (χ1v) is 8.01. The highest BCUT2D eigenvalue weighted by Gasteiger charge is 2.34. The summed E-state index contributed by atoms with van der Waals surface area (Å²) in [5, 5.41) is 4.50. The molecule has 2 fully saturated rings. The van der Waals surface area contributed by atoms with Crippen LogP contribution in [0.3, 0.4) is 0 Å². The minimum absolute atomic E-state index is 0.636. The highest BCUT2D eigenvalue weighted by atomic mass is 79.9. The van der Waals surface area contributed by atoms with Gasteiger partial charge in [-0.3, -0.25) is 14.5 Å². The predicted octanol–water partition coefficient (Wildman–Crippen LogP) is 2.16. The third-order valence-corrected chi connectivity index (χ3v) is 5.71. The van der Waals surface area contributed by atoms with E-state index in [-0.39, 0.29) is 0 Å². The summed E-state index contributed by atoms with van der Waals surface area (Å²) >= 11 is 3.68. The highest BCUT2D eigenvalue weighted by Crippen LogP contribution is 2.28. The molecule has 0 amide bonds. The Bertz CT molecular complexity index is 470. The van der Waals surface area contributed by atoms with Crippen molar-refractivity contribution in [3.05, 3.63) is 15.9 Å². The largest absolute Gasteiger partial charge is 0.298 e. The average molecular weight is 327 g/mol. The fraction of sp³-hybridized carbons (Fsp3) is 0.786. The Hall–Kier alpha value is -0.390. The molecule has 4 nitrogen and oxygen atoms in total. The Labute approximate surface area is 123 Å². The Morgan fingerprint density at radius 3 is 2.84 bits per heavy atom. The minimum Gasteiger partial charge on any atom is -0.298 e. The van der Waals surface area contributed by atoms with Gasteiger partial charge in [0.25, 0.3) is 0 Å². The Kier molecular flexibility index (Phi) is 3.71. The van der Waals surface area contributed by atoms with Crippen LogP contribution in [0.4, 0.5) is 0 Å². The van der Waals surface area contributed by atoms with Gasteiger partial charge in [0.1, 0.15) is 0 Å². The van der Waals surface area contributed by atoms with Gasteiger partial charge in [-0.05, 0) is 49.2 Å². The molecule has 5 heteroatoms. The second kappa shape index (κ2) is 5.19. The van der Waals surface area contributed by atoms with Crippen LogP contribution in [0.15, 0.2) is 4.47 Å². The van der Waals surface area contributed by atoms with E-state index in [0.717, 1.165) is 18.3 Å². The number of hydrogen-bond donors (Lipinski definition) is 0. The lowest BCUT2D eigenvalue weighted by atomic mass is 10.1. The topological polar surface area (TPSA) is 24.3 Å². The molecule has 106 valence electrons. The number of aromatic nitrogens is 2. The van der Waals surface area contributed by atoms with Crippen LogP contribution in [0.1, 0.15) is 31.2 Å². The van der Waals surface area contributed by atoms with Gasteiger partial charge in [0, 0.05) is 38.8 Å². The molecule has 0 aromatic carbocycles. The van der Waals surface area contributed by atoms with Crippen LogP contribution in [0.5, 0.6) is 0 Å². The normalized spacial score (nSPS) is 28.8. The summed E-state index contributed by atoms with van der Waals surface area (Å²) in [6.07, 6.45) is 2.74. The van der Waals surface area contributed by atoms with E-state index in [1.165, 1.54) is 42.6 Å². The number of hydrogen-bond acceptors (Lipinski definition) is 3. The molecule has 2 aliphatic rings. The smallest absolute Gasteiger partial charge is 0.0739 e. The van der Waals surface area contributed by atoms with E-state index >= 15 is 0 Å². The Morgan fingerprint density at radius 2 is 2.16 bits per heavy atom. The first-order valence-electron chi connectivity index (χ1n) is 7.22. The SMILES string of the molecule is Cc1nn(C)c(CN2CC3CCCN3CC2C)c1Br. The summed E-state index contributed by atoms with van der Waals surface area (Å²) in [6, 6.07) is 1.42. The van der Waals surface area contributed by atoms with Gasteiger partial charge in [0.15, 0.2) is 0 Å². The molecule has 2 aliphatic heterocycles. The zero-order valence-electron chi connectivity index (χ0n) is 12.1. The first kappa shape index (κ1) is 13.6. The zero-order valence-corrected chi connectivity index (χ0v) is 13.7. The molecule has 1 aromatic heterocycles. The molecule has 0 spiro atoms. The molecule has 0 aliphatic carbocycles. The van der Waals surface area contributed by atoms with Crippen LogP contribution in [0, 0.1) is 6.92 Å².